The van der Waals surface area contributed by atoms with Crippen LogP contribution in [0, 0.1) is 0 Å². The molecule has 1 heterocycles. The molecule has 0 aliphatic carbocycles. The van der Waals surface area contributed by atoms with Gasteiger partial charge in [0.15, 0.2) is 0 Å². The van der Waals surface area contributed by atoms with Crippen LogP contribution in [0.4, 0.5) is 0 Å². The molecule has 4 heteroatoms. The smallest absolute Gasteiger partial charge is 0.304 e. The van der Waals surface area contributed by atoms with Crippen molar-refractivity contribution in [2.75, 3.05) is 6.61 Å². The highest BCUT2D eigenvalue weighted by Gasteiger charge is 2.48. The third kappa shape index (κ3) is 2.02. The van der Waals surface area contributed by atoms with E-state index in [2.05, 4.69) is 0 Å². The number of benzene rings is 1. The summed E-state index contributed by atoms with van der Waals surface area (Å²) < 4.78 is 5.60. The number of fused-ring (bicyclic) bond motifs is 1. The highest BCUT2D eigenvalue weighted by molar-refractivity contribution is 5.70. The first kappa shape index (κ1) is 13.1. The Bertz CT molecular complexity index is 464. The van der Waals surface area contributed by atoms with Gasteiger partial charge in [-0.3, -0.25) is 4.79 Å². The van der Waals surface area contributed by atoms with Crippen molar-refractivity contribution >= 4 is 5.97 Å². The quantitative estimate of drug-likeness (QED) is 0.854. The zero-order valence-electron chi connectivity index (χ0n) is 10.8. The Hall–Kier alpha value is -1.39. The Morgan fingerprint density at radius 3 is 2.78 bits per heavy atom. The summed E-state index contributed by atoms with van der Waals surface area (Å²) in [5, 5.41) is 9.21. The number of nitrogens with two attached hydrogens (primary N) is 1. The molecule has 0 bridgehead atoms. The van der Waals surface area contributed by atoms with Gasteiger partial charge < -0.3 is 15.6 Å². The molecule has 18 heavy (non-hydrogen) atoms. The normalized spacial score (nSPS) is 23.5. The van der Waals surface area contributed by atoms with Crippen molar-refractivity contribution in [1.82, 2.24) is 0 Å². The number of ether oxygens (including phenoxy) is 1. The first-order chi connectivity index (χ1) is 8.37. The summed E-state index contributed by atoms with van der Waals surface area (Å²) in [4.78, 5) is 11.2. The Morgan fingerprint density at radius 2 is 2.17 bits per heavy atom. The lowest BCUT2D eigenvalue weighted by Gasteiger charge is -2.47. The fourth-order valence-corrected chi connectivity index (χ4v) is 2.69. The molecule has 0 radical (unpaired) electrons. The fraction of sp³-hybridized carbons (Fsp3) is 0.500. The van der Waals surface area contributed by atoms with Crippen molar-refractivity contribution in [3.63, 3.8) is 0 Å². The van der Waals surface area contributed by atoms with Gasteiger partial charge in [-0.25, -0.2) is 0 Å². The largest absolute Gasteiger partial charge is 0.481 e. The highest BCUT2D eigenvalue weighted by Crippen LogP contribution is 2.42. The van der Waals surface area contributed by atoms with Crippen LogP contribution < -0.4 is 5.73 Å². The van der Waals surface area contributed by atoms with E-state index < -0.39 is 16.9 Å². The lowest BCUT2D eigenvalue weighted by Crippen LogP contribution is -2.59. The second-order valence-electron chi connectivity index (χ2n) is 5.52. The van der Waals surface area contributed by atoms with E-state index in [1.165, 1.54) is 0 Å². The van der Waals surface area contributed by atoms with Crippen molar-refractivity contribution in [3.8, 4) is 0 Å². The van der Waals surface area contributed by atoms with Crippen molar-refractivity contribution in [2.45, 2.75) is 37.8 Å². The van der Waals surface area contributed by atoms with Gasteiger partial charge >= 0.3 is 5.97 Å². The molecule has 0 spiro atoms. The molecule has 0 saturated heterocycles. The highest BCUT2D eigenvalue weighted by atomic mass is 16.5. The molecule has 0 saturated carbocycles. The van der Waals surface area contributed by atoms with Crippen LogP contribution in [0.5, 0.6) is 0 Å². The second kappa shape index (κ2) is 4.37. The lowest BCUT2D eigenvalue weighted by atomic mass is 9.63. The lowest BCUT2D eigenvalue weighted by molar-refractivity contribution is -0.140. The first-order valence-electron chi connectivity index (χ1n) is 6.04. The number of hydrogen-bond acceptors (Lipinski definition) is 3. The fourth-order valence-electron chi connectivity index (χ4n) is 2.69. The van der Waals surface area contributed by atoms with Crippen molar-refractivity contribution in [2.24, 2.45) is 5.73 Å². The number of hydrogen-bond donors (Lipinski definition) is 2. The molecule has 0 aromatic heterocycles. The predicted octanol–water partition coefficient (Wildman–Crippen LogP) is 1.67. The summed E-state index contributed by atoms with van der Waals surface area (Å²) in [5.74, 6) is -0.853. The van der Waals surface area contributed by atoms with Crippen LogP contribution >= 0.6 is 0 Å². The molecule has 1 aromatic carbocycles. The Balaban J connectivity index is 2.59. The Labute approximate surface area is 107 Å². The summed E-state index contributed by atoms with van der Waals surface area (Å²) in [7, 11) is 0. The van der Waals surface area contributed by atoms with Gasteiger partial charge in [-0.1, -0.05) is 24.3 Å². The maximum Gasteiger partial charge on any atom is 0.304 e. The average Bonchev–Trinajstić information content (AvgIpc) is 2.27. The predicted molar refractivity (Wildman–Crippen MR) is 68.3 cm³/mol. The van der Waals surface area contributed by atoms with Crippen LogP contribution in [0.15, 0.2) is 24.3 Å². The molecular formula is C14H19NO3. The SMILES string of the molecule is CC(C)(N)C1(CC(=O)O)COCc2ccccc21. The number of aliphatic carboxylic acids is 1. The Morgan fingerprint density at radius 1 is 1.50 bits per heavy atom. The minimum absolute atomic E-state index is 0.0203. The monoisotopic (exact) mass is 249 g/mol. The van der Waals surface area contributed by atoms with E-state index in [1.54, 1.807) is 0 Å². The standard InChI is InChI=1S/C14H19NO3/c1-13(2,15)14(7-12(16)17)9-18-8-10-5-3-4-6-11(10)14/h3-6H,7-9,15H2,1-2H3,(H,16,17). The summed E-state index contributed by atoms with van der Waals surface area (Å²) in [6, 6.07) is 7.79. The van der Waals surface area contributed by atoms with Crippen LogP contribution in [0.1, 0.15) is 31.4 Å². The molecule has 98 valence electrons. The van der Waals surface area contributed by atoms with Gasteiger partial charge in [0, 0.05) is 11.0 Å². The van der Waals surface area contributed by atoms with E-state index in [4.69, 9.17) is 10.5 Å². The molecule has 0 fully saturated rings. The summed E-state index contributed by atoms with van der Waals surface area (Å²) in [5.41, 5.74) is 6.96. The van der Waals surface area contributed by atoms with Crippen molar-refractivity contribution < 1.29 is 14.6 Å². The van der Waals surface area contributed by atoms with Gasteiger partial charge in [0.25, 0.3) is 0 Å². The van der Waals surface area contributed by atoms with Crippen LogP contribution in [-0.4, -0.2) is 23.2 Å². The second-order valence-corrected chi connectivity index (χ2v) is 5.52. The maximum absolute atomic E-state index is 11.2. The van der Waals surface area contributed by atoms with E-state index in [0.717, 1.165) is 11.1 Å². The number of carboxylic acid groups (broad SMARTS) is 1. The van der Waals surface area contributed by atoms with E-state index in [1.807, 2.05) is 38.1 Å². The molecule has 1 aliphatic heterocycles. The zero-order chi connectivity index (χ0) is 13.4. The summed E-state index contributed by atoms with van der Waals surface area (Å²) in [6.45, 7) is 4.59. The number of carboxylic acids is 1. The van der Waals surface area contributed by atoms with Gasteiger partial charge in [-0.05, 0) is 25.0 Å². The van der Waals surface area contributed by atoms with Gasteiger partial charge in [0.1, 0.15) is 0 Å². The minimum Gasteiger partial charge on any atom is -0.481 e. The molecule has 1 atom stereocenters. The molecule has 4 nitrogen and oxygen atoms in total. The van der Waals surface area contributed by atoms with Gasteiger partial charge in [0.05, 0.1) is 19.6 Å². The third-order valence-electron chi connectivity index (χ3n) is 3.83. The van der Waals surface area contributed by atoms with E-state index in [-0.39, 0.29) is 6.42 Å². The maximum atomic E-state index is 11.2. The van der Waals surface area contributed by atoms with Crippen molar-refractivity contribution in [1.29, 1.82) is 0 Å². The van der Waals surface area contributed by atoms with Gasteiger partial charge in [-0.15, -0.1) is 0 Å². The van der Waals surface area contributed by atoms with E-state index in [0.29, 0.717) is 13.2 Å². The average molecular weight is 249 g/mol. The molecule has 0 amide bonds. The number of carbonyl (C=O) groups is 1. The van der Waals surface area contributed by atoms with Crippen LogP contribution in [0.2, 0.25) is 0 Å². The third-order valence-corrected chi connectivity index (χ3v) is 3.83. The number of rotatable bonds is 3. The summed E-state index contributed by atoms with van der Waals surface area (Å²) >= 11 is 0. The molecular weight excluding hydrogens is 230 g/mol. The molecule has 1 aliphatic rings. The first-order valence-corrected chi connectivity index (χ1v) is 6.04. The molecule has 3 N–H and O–H groups in total. The topological polar surface area (TPSA) is 72.6 Å². The van der Waals surface area contributed by atoms with E-state index in [9.17, 15) is 9.90 Å². The van der Waals surface area contributed by atoms with E-state index >= 15 is 0 Å². The molecule has 1 aromatic rings. The molecule has 1 unspecified atom stereocenters. The van der Waals surface area contributed by atoms with Crippen LogP contribution in [0.3, 0.4) is 0 Å². The van der Waals surface area contributed by atoms with Crippen molar-refractivity contribution in [3.05, 3.63) is 35.4 Å². The Kier molecular flexibility index (Phi) is 3.17. The van der Waals surface area contributed by atoms with Gasteiger partial charge in [0.2, 0.25) is 0 Å². The van der Waals surface area contributed by atoms with Crippen LogP contribution in [0.25, 0.3) is 0 Å². The summed E-state index contributed by atoms with van der Waals surface area (Å²) in [6.07, 6.45) is -0.0203. The minimum atomic E-state index is -0.853. The van der Waals surface area contributed by atoms with Gasteiger partial charge in [-0.2, -0.15) is 0 Å². The molecule has 2 rings (SSSR count). The van der Waals surface area contributed by atoms with Crippen LogP contribution in [-0.2, 0) is 21.6 Å². The zero-order valence-corrected chi connectivity index (χ0v) is 10.8.